The number of hydrogen-bond acceptors (Lipinski definition) is 2. The first-order chi connectivity index (χ1) is 9.80. The summed E-state index contributed by atoms with van der Waals surface area (Å²) in [6, 6.07) is 0.646. The molecule has 2 aromatic rings. The maximum Gasteiger partial charge on any atom is 0.417 e. The molecule has 0 aliphatic heterocycles. The first-order valence-corrected chi connectivity index (χ1v) is 5.61. The molecule has 0 aliphatic rings. The molecule has 1 heterocycles. The molecule has 0 unspecified atom stereocenters. The lowest BCUT2D eigenvalue weighted by Crippen LogP contribution is -2.27. The molecule has 0 fully saturated rings. The molecule has 0 radical (unpaired) electrons. The molecule has 21 heavy (non-hydrogen) atoms. The van der Waals surface area contributed by atoms with E-state index in [0.717, 1.165) is 0 Å². The number of carbonyl (C=O) groups excluding carboxylic acids is 1. The first-order valence-electron chi connectivity index (χ1n) is 5.61. The number of imidazole rings is 1. The highest BCUT2D eigenvalue weighted by Crippen LogP contribution is 2.33. The minimum atomic E-state index is -4.98. The van der Waals surface area contributed by atoms with E-state index in [4.69, 9.17) is 0 Å². The fourth-order valence-corrected chi connectivity index (χ4v) is 1.65. The third-order valence-corrected chi connectivity index (χ3v) is 2.62. The van der Waals surface area contributed by atoms with E-state index in [0.29, 0.717) is 17.8 Å². The summed E-state index contributed by atoms with van der Waals surface area (Å²) in [6.45, 7) is -0.202. The Morgan fingerprint density at radius 3 is 2.57 bits per heavy atom. The lowest BCUT2D eigenvalue weighted by molar-refractivity contribution is -0.138. The van der Waals surface area contributed by atoms with Crippen LogP contribution in [-0.4, -0.2) is 15.9 Å². The van der Waals surface area contributed by atoms with Crippen molar-refractivity contribution in [3.8, 4) is 0 Å². The van der Waals surface area contributed by atoms with E-state index in [2.05, 4.69) is 15.3 Å². The van der Waals surface area contributed by atoms with Gasteiger partial charge in [-0.25, -0.2) is 13.8 Å². The lowest BCUT2D eigenvalue weighted by atomic mass is 10.1. The number of amides is 1. The second kappa shape index (κ2) is 5.51. The van der Waals surface area contributed by atoms with Crippen LogP contribution in [0, 0.1) is 11.6 Å². The average Bonchev–Trinajstić information content (AvgIpc) is 2.90. The molecule has 0 aliphatic carbocycles. The molecule has 9 heteroatoms. The number of nitrogens with one attached hydrogen (secondary N) is 2. The molecule has 0 spiro atoms. The molecule has 112 valence electrons. The first kappa shape index (κ1) is 14.9. The van der Waals surface area contributed by atoms with Crippen LogP contribution in [-0.2, 0) is 12.7 Å². The zero-order valence-electron chi connectivity index (χ0n) is 10.3. The van der Waals surface area contributed by atoms with Crippen LogP contribution in [0.3, 0.4) is 0 Å². The van der Waals surface area contributed by atoms with Gasteiger partial charge in [0, 0.05) is 6.20 Å². The highest BCUT2D eigenvalue weighted by molar-refractivity contribution is 5.96. The van der Waals surface area contributed by atoms with Crippen LogP contribution >= 0.6 is 0 Å². The van der Waals surface area contributed by atoms with Crippen molar-refractivity contribution in [2.24, 2.45) is 0 Å². The number of aromatic amines is 1. The fraction of sp³-hybridized carbons (Fsp3) is 0.167. The number of carbonyl (C=O) groups is 1. The Balaban J connectivity index is 2.32. The van der Waals surface area contributed by atoms with E-state index in [-0.39, 0.29) is 6.54 Å². The average molecular weight is 305 g/mol. The number of aromatic nitrogens is 2. The Morgan fingerprint density at radius 1 is 1.29 bits per heavy atom. The smallest absolute Gasteiger partial charge is 0.347 e. The standard InChI is InChI=1S/C12H8F5N3O/c13-8-2-1-7(12(15,16)17)9(10(8)14)11(21)19-4-6-3-18-5-20-6/h1-3,5H,4H2,(H,18,20)(H,19,21). The van der Waals surface area contributed by atoms with Crippen molar-refractivity contribution < 1.29 is 26.7 Å². The van der Waals surface area contributed by atoms with Gasteiger partial charge in [0.2, 0.25) is 0 Å². The summed E-state index contributed by atoms with van der Waals surface area (Å²) in [7, 11) is 0. The summed E-state index contributed by atoms with van der Waals surface area (Å²) in [5, 5.41) is 2.07. The van der Waals surface area contributed by atoms with Crippen LogP contribution in [0.25, 0.3) is 0 Å². The molecule has 2 N–H and O–H groups in total. The van der Waals surface area contributed by atoms with E-state index >= 15 is 0 Å². The highest BCUT2D eigenvalue weighted by Gasteiger charge is 2.37. The van der Waals surface area contributed by atoms with Crippen LogP contribution < -0.4 is 5.32 Å². The Labute approximate surface area is 115 Å². The Hall–Kier alpha value is -2.45. The summed E-state index contributed by atoms with van der Waals surface area (Å²) >= 11 is 0. The number of rotatable bonds is 3. The minimum Gasteiger partial charge on any atom is -0.347 e. The zero-order chi connectivity index (χ0) is 15.6. The fourth-order valence-electron chi connectivity index (χ4n) is 1.65. The van der Waals surface area contributed by atoms with Gasteiger partial charge in [-0.05, 0) is 12.1 Å². The molecule has 0 saturated carbocycles. The largest absolute Gasteiger partial charge is 0.417 e. The molecule has 1 aromatic carbocycles. The zero-order valence-corrected chi connectivity index (χ0v) is 10.3. The van der Waals surface area contributed by atoms with Gasteiger partial charge < -0.3 is 10.3 Å². The molecule has 4 nitrogen and oxygen atoms in total. The van der Waals surface area contributed by atoms with Crippen molar-refractivity contribution in [3.05, 3.63) is 53.1 Å². The highest BCUT2D eigenvalue weighted by atomic mass is 19.4. The number of alkyl halides is 3. The van der Waals surface area contributed by atoms with Gasteiger partial charge in [-0.3, -0.25) is 4.79 Å². The Morgan fingerprint density at radius 2 is 2.00 bits per heavy atom. The monoisotopic (exact) mass is 305 g/mol. The number of halogens is 5. The van der Waals surface area contributed by atoms with Crippen LogP contribution in [0.15, 0.2) is 24.7 Å². The second-order valence-electron chi connectivity index (χ2n) is 4.04. The molecular formula is C12H8F5N3O. The molecule has 0 atom stereocenters. The minimum absolute atomic E-state index is 0.202. The quantitative estimate of drug-likeness (QED) is 0.857. The van der Waals surface area contributed by atoms with Crippen molar-refractivity contribution in [2.75, 3.05) is 0 Å². The van der Waals surface area contributed by atoms with Crippen molar-refractivity contribution >= 4 is 5.91 Å². The third kappa shape index (κ3) is 3.18. The molecular weight excluding hydrogens is 297 g/mol. The molecule has 1 amide bonds. The van der Waals surface area contributed by atoms with Gasteiger partial charge in [0.1, 0.15) is 0 Å². The predicted octanol–water partition coefficient (Wildman–Crippen LogP) is 2.64. The normalized spacial score (nSPS) is 11.5. The number of H-pyrrole nitrogens is 1. The van der Waals surface area contributed by atoms with Crippen molar-refractivity contribution in [1.29, 1.82) is 0 Å². The summed E-state index contributed by atoms with van der Waals surface area (Å²) in [5.74, 6) is -4.74. The van der Waals surface area contributed by atoms with Gasteiger partial charge in [0.25, 0.3) is 5.91 Å². The Bertz CT molecular complexity index is 652. The predicted molar refractivity (Wildman–Crippen MR) is 61.1 cm³/mol. The van der Waals surface area contributed by atoms with Crippen molar-refractivity contribution in [1.82, 2.24) is 15.3 Å². The van der Waals surface area contributed by atoms with Gasteiger partial charge in [-0.15, -0.1) is 0 Å². The Kier molecular flexibility index (Phi) is 3.92. The van der Waals surface area contributed by atoms with E-state index in [1.807, 2.05) is 0 Å². The number of nitrogens with zero attached hydrogens (tertiary/aromatic N) is 1. The molecule has 2 rings (SSSR count). The molecule has 0 saturated heterocycles. The van der Waals surface area contributed by atoms with Gasteiger partial charge in [0.15, 0.2) is 11.6 Å². The maximum absolute atomic E-state index is 13.6. The van der Waals surface area contributed by atoms with E-state index in [1.54, 1.807) is 0 Å². The van der Waals surface area contributed by atoms with Gasteiger partial charge in [0.05, 0.1) is 29.7 Å². The van der Waals surface area contributed by atoms with E-state index in [1.165, 1.54) is 12.5 Å². The topological polar surface area (TPSA) is 57.8 Å². The molecule has 0 bridgehead atoms. The van der Waals surface area contributed by atoms with E-state index < -0.39 is 34.8 Å². The van der Waals surface area contributed by atoms with Gasteiger partial charge in [-0.1, -0.05) is 0 Å². The summed E-state index contributed by atoms with van der Waals surface area (Å²) < 4.78 is 64.9. The second-order valence-corrected chi connectivity index (χ2v) is 4.04. The summed E-state index contributed by atoms with van der Waals surface area (Å²) in [6.07, 6.45) is -2.35. The van der Waals surface area contributed by atoms with Crippen molar-refractivity contribution in [2.45, 2.75) is 12.7 Å². The van der Waals surface area contributed by atoms with Crippen LogP contribution in [0.1, 0.15) is 21.6 Å². The van der Waals surface area contributed by atoms with E-state index in [9.17, 15) is 26.7 Å². The molecule has 1 aromatic heterocycles. The number of benzene rings is 1. The SMILES string of the molecule is O=C(NCc1cnc[nH]1)c1c(C(F)(F)F)ccc(F)c1F. The van der Waals surface area contributed by atoms with Crippen LogP contribution in [0.2, 0.25) is 0 Å². The van der Waals surface area contributed by atoms with Crippen LogP contribution in [0.5, 0.6) is 0 Å². The number of hydrogen-bond donors (Lipinski definition) is 2. The van der Waals surface area contributed by atoms with Gasteiger partial charge >= 0.3 is 6.18 Å². The van der Waals surface area contributed by atoms with Crippen LogP contribution in [0.4, 0.5) is 22.0 Å². The van der Waals surface area contributed by atoms with Gasteiger partial charge in [-0.2, -0.15) is 13.2 Å². The lowest BCUT2D eigenvalue weighted by Gasteiger charge is -2.13. The maximum atomic E-state index is 13.6. The summed E-state index contributed by atoms with van der Waals surface area (Å²) in [4.78, 5) is 18.0. The summed E-state index contributed by atoms with van der Waals surface area (Å²) in [5.41, 5.74) is -2.51. The van der Waals surface area contributed by atoms with Crippen molar-refractivity contribution in [3.63, 3.8) is 0 Å². The third-order valence-electron chi connectivity index (χ3n) is 2.62.